The van der Waals surface area contributed by atoms with Crippen molar-refractivity contribution in [3.63, 3.8) is 0 Å². The van der Waals surface area contributed by atoms with E-state index in [4.69, 9.17) is 4.74 Å². The minimum absolute atomic E-state index is 0.0866. The van der Waals surface area contributed by atoms with Crippen molar-refractivity contribution in [3.8, 4) is 16.9 Å². The minimum Gasteiger partial charge on any atom is -0.482 e. The first-order valence-electron chi connectivity index (χ1n) is 6.28. The molecule has 0 unspecified atom stereocenters. The van der Waals surface area contributed by atoms with E-state index in [1.54, 1.807) is 0 Å². The lowest BCUT2D eigenvalue weighted by molar-refractivity contribution is -0.118. The Morgan fingerprint density at radius 1 is 1.16 bits per heavy atom. The van der Waals surface area contributed by atoms with Gasteiger partial charge >= 0.3 is 0 Å². The number of carbonyl (C=O) groups excluding carboxylic acids is 1. The monoisotopic (exact) mass is 253 g/mol. The van der Waals surface area contributed by atoms with Crippen LogP contribution in [0.4, 0.5) is 5.69 Å². The molecule has 3 rings (SSSR count). The van der Waals surface area contributed by atoms with E-state index < -0.39 is 0 Å². The summed E-state index contributed by atoms with van der Waals surface area (Å²) < 4.78 is 5.46. The Morgan fingerprint density at radius 3 is 2.84 bits per heavy atom. The van der Waals surface area contributed by atoms with Gasteiger partial charge in [0.15, 0.2) is 6.61 Å². The van der Waals surface area contributed by atoms with E-state index in [2.05, 4.69) is 37.4 Å². The second-order valence-electron chi connectivity index (χ2n) is 4.80. The first kappa shape index (κ1) is 11.8. The standard InChI is InChI=1S/C16H15NO2/c1-10-4-3-5-13(11(10)2)12-6-7-14-15(8-12)19-9-16(18)17-14/h3-8H,9H2,1-2H3,(H,17,18). The molecular formula is C16H15NO2. The van der Waals surface area contributed by atoms with Crippen molar-refractivity contribution in [3.05, 3.63) is 47.5 Å². The fourth-order valence-electron chi connectivity index (χ4n) is 2.31. The molecule has 0 aliphatic carbocycles. The molecule has 0 aromatic heterocycles. The molecule has 1 amide bonds. The molecule has 1 aliphatic heterocycles. The zero-order valence-electron chi connectivity index (χ0n) is 11.0. The van der Waals surface area contributed by atoms with Crippen LogP contribution in [0.3, 0.4) is 0 Å². The number of hydrogen-bond donors (Lipinski definition) is 1. The zero-order valence-corrected chi connectivity index (χ0v) is 11.0. The van der Waals surface area contributed by atoms with Gasteiger partial charge in [0.1, 0.15) is 5.75 Å². The Kier molecular flexibility index (Phi) is 2.75. The number of nitrogens with one attached hydrogen (secondary N) is 1. The number of fused-ring (bicyclic) bond motifs is 1. The summed E-state index contributed by atoms with van der Waals surface area (Å²) in [5.74, 6) is 0.630. The molecule has 0 saturated heterocycles. The van der Waals surface area contributed by atoms with Gasteiger partial charge in [0, 0.05) is 0 Å². The highest BCUT2D eigenvalue weighted by molar-refractivity contribution is 5.96. The van der Waals surface area contributed by atoms with E-state index in [1.807, 2.05) is 18.2 Å². The van der Waals surface area contributed by atoms with Gasteiger partial charge < -0.3 is 10.1 Å². The predicted molar refractivity (Wildman–Crippen MR) is 75.5 cm³/mol. The first-order valence-corrected chi connectivity index (χ1v) is 6.28. The number of carbonyl (C=O) groups is 1. The second-order valence-corrected chi connectivity index (χ2v) is 4.80. The third-order valence-electron chi connectivity index (χ3n) is 3.53. The topological polar surface area (TPSA) is 38.3 Å². The van der Waals surface area contributed by atoms with Crippen molar-refractivity contribution in [1.82, 2.24) is 0 Å². The van der Waals surface area contributed by atoms with Crippen LogP contribution in [0.2, 0.25) is 0 Å². The number of anilines is 1. The van der Waals surface area contributed by atoms with Crippen LogP contribution in [0.15, 0.2) is 36.4 Å². The highest BCUT2D eigenvalue weighted by Gasteiger charge is 2.16. The summed E-state index contributed by atoms with van der Waals surface area (Å²) in [5, 5.41) is 2.80. The Morgan fingerprint density at radius 2 is 2.00 bits per heavy atom. The quantitative estimate of drug-likeness (QED) is 0.846. The van der Waals surface area contributed by atoms with Gasteiger partial charge in [-0.3, -0.25) is 4.79 Å². The van der Waals surface area contributed by atoms with Crippen LogP contribution in [-0.4, -0.2) is 12.5 Å². The zero-order chi connectivity index (χ0) is 13.4. The molecule has 1 N–H and O–H groups in total. The molecule has 0 fully saturated rings. The molecule has 0 saturated carbocycles. The van der Waals surface area contributed by atoms with E-state index in [0.29, 0.717) is 0 Å². The number of hydrogen-bond acceptors (Lipinski definition) is 2. The van der Waals surface area contributed by atoms with E-state index in [0.717, 1.165) is 17.0 Å². The summed E-state index contributed by atoms with van der Waals surface area (Å²) in [4.78, 5) is 11.2. The van der Waals surface area contributed by atoms with Gasteiger partial charge in [-0.05, 0) is 48.2 Å². The maximum Gasteiger partial charge on any atom is 0.262 e. The van der Waals surface area contributed by atoms with Crippen molar-refractivity contribution in [2.75, 3.05) is 11.9 Å². The van der Waals surface area contributed by atoms with E-state index >= 15 is 0 Å². The fourth-order valence-corrected chi connectivity index (χ4v) is 2.31. The fraction of sp³-hybridized carbons (Fsp3) is 0.188. The van der Waals surface area contributed by atoms with Gasteiger partial charge in [0.05, 0.1) is 5.69 Å². The first-order chi connectivity index (χ1) is 9.15. The molecule has 3 heteroatoms. The second kappa shape index (κ2) is 4.43. The summed E-state index contributed by atoms with van der Waals surface area (Å²) >= 11 is 0. The SMILES string of the molecule is Cc1cccc(-c2ccc3c(c2)OCC(=O)N3)c1C. The molecule has 2 aromatic carbocycles. The van der Waals surface area contributed by atoms with E-state index in [1.165, 1.54) is 16.7 Å². The van der Waals surface area contributed by atoms with Crippen molar-refractivity contribution < 1.29 is 9.53 Å². The van der Waals surface area contributed by atoms with Crippen LogP contribution >= 0.6 is 0 Å². The smallest absolute Gasteiger partial charge is 0.262 e. The van der Waals surface area contributed by atoms with E-state index in [-0.39, 0.29) is 12.5 Å². The summed E-state index contributed by atoms with van der Waals surface area (Å²) in [5.41, 5.74) is 5.58. The normalized spacial score (nSPS) is 13.5. The number of rotatable bonds is 1. The Balaban J connectivity index is 2.07. The van der Waals surface area contributed by atoms with Gasteiger partial charge in [-0.15, -0.1) is 0 Å². The average molecular weight is 253 g/mol. The third kappa shape index (κ3) is 2.08. The molecule has 1 aliphatic rings. The van der Waals surface area contributed by atoms with Gasteiger partial charge in [0.2, 0.25) is 0 Å². The van der Waals surface area contributed by atoms with Crippen molar-refractivity contribution in [2.24, 2.45) is 0 Å². The van der Waals surface area contributed by atoms with Crippen molar-refractivity contribution >= 4 is 11.6 Å². The molecule has 1 heterocycles. The summed E-state index contributed by atoms with van der Waals surface area (Å²) in [7, 11) is 0. The Hall–Kier alpha value is -2.29. The lowest BCUT2D eigenvalue weighted by atomic mass is 9.96. The largest absolute Gasteiger partial charge is 0.482 e. The minimum atomic E-state index is -0.105. The van der Waals surface area contributed by atoms with Crippen LogP contribution in [0.5, 0.6) is 5.75 Å². The number of ether oxygens (including phenoxy) is 1. The van der Waals surface area contributed by atoms with Crippen LogP contribution in [0.25, 0.3) is 11.1 Å². The number of aryl methyl sites for hydroxylation is 1. The predicted octanol–water partition coefficient (Wildman–Crippen LogP) is 3.30. The molecule has 0 atom stereocenters. The van der Waals surface area contributed by atoms with Gasteiger partial charge in [-0.1, -0.05) is 24.3 Å². The molecule has 0 spiro atoms. The molecule has 0 bridgehead atoms. The maximum atomic E-state index is 11.2. The lowest BCUT2D eigenvalue weighted by Gasteiger charge is -2.19. The van der Waals surface area contributed by atoms with Crippen LogP contribution in [-0.2, 0) is 4.79 Å². The molecule has 2 aromatic rings. The van der Waals surface area contributed by atoms with Gasteiger partial charge in [-0.25, -0.2) is 0 Å². The van der Waals surface area contributed by atoms with Gasteiger partial charge in [0.25, 0.3) is 5.91 Å². The van der Waals surface area contributed by atoms with Crippen molar-refractivity contribution in [1.29, 1.82) is 0 Å². The molecule has 3 nitrogen and oxygen atoms in total. The highest BCUT2D eigenvalue weighted by atomic mass is 16.5. The lowest BCUT2D eigenvalue weighted by Crippen LogP contribution is -2.25. The summed E-state index contributed by atoms with van der Waals surface area (Å²) in [6, 6.07) is 12.1. The molecule has 96 valence electrons. The summed E-state index contributed by atoms with van der Waals surface area (Å²) in [6.07, 6.45) is 0. The third-order valence-corrected chi connectivity index (χ3v) is 3.53. The van der Waals surface area contributed by atoms with Crippen molar-refractivity contribution in [2.45, 2.75) is 13.8 Å². The van der Waals surface area contributed by atoms with Crippen LogP contribution < -0.4 is 10.1 Å². The Labute approximate surface area is 112 Å². The van der Waals surface area contributed by atoms with E-state index in [9.17, 15) is 4.79 Å². The molecule has 0 radical (unpaired) electrons. The Bertz CT molecular complexity index is 662. The van der Waals surface area contributed by atoms with Crippen LogP contribution in [0, 0.1) is 13.8 Å². The summed E-state index contributed by atoms with van der Waals surface area (Å²) in [6.45, 7) is 4.31. The van der Waals surface area contributed by atoms with Gasteiger partial charge in [-0.2, -0.15) is 0 Å². The average Bonchev–Trinajstić information content (AvgIpc) is 2.41. The highest BCUT2D eigenvalue weighted by Crippen LogP contribution is 2.34. The molecular weight excluding hydrogens is 238 g/mol. The molecule has 19 heavy (non-hydrogen) atoms. The maximum absolute atomic E-state index is 11.2. The van der Waals surface area contributed by atoms with Crippen LogP contribution in [0.1, 0.15) is 11.1 Å². The number of amides is 1. The number of benzene rings is 2.